The lowest BCUT2D eigenvalue weighted by molar-refractivity contribution is -0.136. The molecule has 0 aliphatic carbocycles. The lowest BCUT2D eigenvalue weighted by atomic mass is 9.86. The van der Waals surface area contributed by atoms with Gasteiger partial charge < -0.3 is 10.0 Å². The van der Waals surface area contributed by atoms with Crippen LogP contribution in [0.1, 0.15) is 59.7 Å². The van der Waals surface area contributed by atoms with Crippen LogP contribution in [0.5, 0.6) is 0 Å². The molecule has 0 bridgehead atoms. The van der Waals surface area contributed by atoms with Gasteiger partial charge in [-0.3, -0.25) is 29.6 Å². The highest BCUT2D eigenvalue weighted by molar-refractivity contribution is 6.05. The van der Waals surface area contributed by atoms with Gasteiger partial charge in [0, 0.05) is 48.4 Å². The number of nitrogens with one attached hydrogen (secondary N) is 1. The summed E-state index contributed by atoms with van der Waals surface area (Å²) in [5.41, 5.74) is 2.14. The predicted octanol–water partition coefficient (Wildman–Crippen LogP) is 3.52. The summed E-state index contributed by atoms with van der Waals surface area (Å²) in [4.78, 5) is 44.9. The Labute approximate surface area is 231 Å². The molecule has 2 N–H and O–H groups in total. The molecule has 1 unspecified atom stereocenters. The minimum absolute atomic E-state index is 0.157. The van der Waals surface area contributed by atoms with Crippen molar-refractivity contribution < 1.29 is 23.9 Å². The average molecular weight is 543 g/mol. The number of piperidine rings is 1. The normalized spacial score (nSPS) is 22.8. The first-order chi connectivity index (χ1) is 19.2. The molecule has 2 fully saturated rings. The fourth-order valence-corrected chi connectivity index (χ4v) is 6.37. The van der Waals surface area contributed by atoms with Crippen molar-refractivity contribution in [1.82, 2.24) is 20.1 Å². The van der Waals surface area contributed by atoms with Crippen molar-refractivity contribution in [3.8, 4) is 11.3 Å². The molecule has 0 spiro atoms. The summed E-state index contributed by atoms with van der Waals surface area (Å²) in [6.45, 7) is 3.12. The van der Waals surface area contributed by atoms with E-state index in [4.69, 9.17) is 0 Å². The van der Waals surface area contributed by atoms with Crippen molar-refractivity contribution >= 4 is 17.7 Å². The lowest BCUT2D eigenvalue weighted by Crippen LogP contribution is -2.52. The molecule has 3 aliphatic heterocycles. The number of carbonyl (C=O) groups is 3. The highest BCUT2D eigenvalue weighted by Crippen LogP contribution is 2.37. The molecule has 8 nitrogen and oxygen atoms in total. The van der Waals surface area contributed by atoms with Gasteiger partial charge in [0.2, 0.25) is 11.8 Å². The molecule has 9 heteroatoms. The summed E-state index contributed by atoms with van der Waals surface area (Å²) < 4.78 is 15.9. The van der Waals surface area contributed by atoms with Gasteiger partial charge >= 0.3 is 0 Å². The number of rotatable bonds is 6. The molecule has 3 amide bonds. The van der Waals surface area contributed by atoms with Crippen LogP contribution in [-0.2, 0) is 28.3 Å². The van der Waals surface area contributed by atoms with Gasteiger partial charge in [-0.05, 0) is 62.1 Å². The Hall–Kier alpha value is -3.95. The van der Waals surface area contributed by atoms with Crippen LogP contribution < -0.4 is 5.32 Å². The van der Waals surface area contributed by atoms with Crippen LogP contribution >= 0.6 is 0 Å². The van der Waals surface area contributed by atoms with Crippen LogP contribution in [0.2, 0.25) is 0 Å². The standard InChI is InChI=1S/C31H31FN4O4/c1-31(40,22-6-3-2-4-7-22)25-8-5-15-35(25)17-20-13-14-33-28(27(20)32)19-9-10-23-21(16-19)18-36(30(23)39)24-11-12-26(37)34-29(24)38/h2-4,6-7,9-10,13-14,16,24-25,40H,5,8,11-12,15,17-18H2,1H3,(H,34,37,38)/t24?,25-,31+/m1/s1. The Balaban J connectivity index is 1.23. The van der Waals surface area contributed by atoms with Crippen molar-refractivity contribution in [1.29, 1.82) is 0 Å². The molecule has 3 aromatic rings. The zero-order valence-electron chi connectivity index (χ0n) is 22.3. The van der Waals surface area contributed by atoms with Gasteiger partial charge in [-0.15, -0.1) is 0 Å². The van der Waals surface area contributed by atoms with Crippen LogP contribution in [0.15, 0.2) is 60.8 Å². The Bertz CT molecular complexity index is 1490. The first-order valence-electron chi connectivity index (χ1n) is 13.7. The van der Waals surface area contributed by atoms with E-state index in [9.17, 15) is 19.5 Å². The van der Waals surface area contributed by atoms with E-state index in [1.165, 1.54) is 4.90 Å². The topological polar surface area (TPSA) is 103 Å². The van der Waals surface area contributed by atoms with Gasteiger partial charge in [0.05, 0.1) is 0 Å². The van der Waals surface area contributed by atoms with Crippen LogP contribution in [0.25, 0.3) is 11.3 Å². The summed E-state index contributed by atoms with van der Waals surface area (Å²) in [5.74, 6) is -1.51. The molecule has 0 saturated carbocycles. The number of nitrogens with zero attached hydrogens (tertiary/aromatic N) is 3. The highest BCUT2D eigenvalue weighted by atomic mass is 19.1. The third-order valence-electron chi connectivity index (χ3n) is 8.51. The van der Waals surface area contributed by atoms with Crippen molar-refractivity contribution in [3.63, 3.8) is 0 Å². The van der Waals surface area contributed by atoms with E-state index < -0.39 is 23.4 Å². The number of benzene rings is 2. The quantitative estimate of drug-likeness (QED) is 0.462. The second-order valence-electron chi connectivity index (χ2n) is 11.0. The molecule has 2 saturated heterocycles. The fraction of sp³-hybridized carbons (Fsp3) is 0.355. The van der Waals surface area contributed by atoms with E-state index in [0.29, 0.717) is 28.8 Å². The van der Waals surface area contributed by atoms with Crippen LogP contribution in [0, 0.1) is 5.82 Å². The number of aliphatic hydroxyl groups is 1. The van der Waals surface area contributed by atoms with Gasteiger partial charge in [-0.1, -0.05) is 36.4 Å². The lowest BCUT2D eigenvalue weighted by Gasteiger charge is -2.37. The number of amides is 3. The van der Waals surface area contributed by atoms with E-state index in [0.717, 1.165) is 24.9 Å². The number of hydrogen-bond donors (Lipinski definition) is 2. The number of pyridine rings is 1. The molecule has 4 heterocycles. The summed E-state index contributed by atoms with van der Waals surface area (Å²) in [5, 5.41) is 13.8. The fourth-order valence-electron chi connectivity index (χ4n) is 6.37. The molecular formula is C31H31FN4O4. The summed E-state index contributed by atoms with van der Waals surface area (Å²) in [6.07, 6.45) is 3.77. The average Bonchev–Trinajstić information content (AvgIpc) is 3.55. The molecule has 40 heavy (non-hydrogen) atoms. The monoisotopic (exact) mass is 542 g/mol. The third kappa shape index (κ3) is 4.59. The number of aromatic nitrogens is 1. The van der Waals surface area contributed by atoms with E-state index >= 15 is 4.39 Å². The number of likely N-dealkylation sites (tertiary alicyclic amines) is 1. The first-order valence-corrected chi connectivity index (χ1v) is 13.7. The van der Waals surface area contributed by atoms with Crippen LogP contribution in [-0.4, -0.2) is 56.2 Å². The van der Waals surface area contributed by atoms with Crippen molar-refractivity contribution in [2.45, 2.75) is 63.4 Å². The maximum absolute atomic E-state index is 15.9. The Morgan fingerprint density at radius 3 is 2.67 bits per heavy atom. The molecule has 6 rings (SSSR count). The minimum Gasteiger partial charge on any atom is -0.384 e. The molecule has 0 radical (unpaired) electrons. The number of imide groups is 1. The van der Waals surface area contributed by atoms with Gasteiger partial charge in [-0.25, -0.2) is 4.39 Å². The number of fused-ring (bicyclic) bond motifs is 1. The van der Waals surface area contributed by atoms with Crippen molar-refractivity contribution in [3.05, 3.63) is 88.9 Å². The Morgan fingerprint density at radius 2 is 1.90 bits per heavy atom. The molecular weight excluding hydrogens is 511 g/mol. The summed E-state index contributed by atoms with van der Waals surface area (Å²) >= 11 is 0. The van der Waals surface area contributed by atoms with Gasteiger partial charge in [0.25, 0.3) is 5.91 Å². The van der Waals surface area contributed by atoms with E-state index in [-0.39, 0.29) is 42.9 Å². The van der Waals surface area contributed by atoms with Crippen molar-refractivity contribution in [2.24, 2.45) is 0 Å². The number of hydrogen-bond acceptors (Lipinski definition) is 6. The van der Waals surface area contributed by atoms with Gasteiger partial charge in [0.15, 0.2) is 5.82 Å². The minimum atomic E-state index is -1.08. The number of carbonyl (C=O) groups excluding carboxylic acids is 3. The van der Waals surface area contributed by atoms with Crippen molar-refractivity contribution in [2.75, 3.05) is 6.54 Å². The largest absolute Gasteiger partial charge is 0.384 e. The maximum Gasteiger partial charge on any atom is 0.255 e. The molecule has 1 aromatic heterocycles. The van der Waals surface area contributed by atoms with Crippen LogP contribution in [0.4, 0.5) is 4.39 Å². The third-order valence-corrected chi connectivity index (χ3v) is 8.51. The SMILES string of the molecule is C[C@](O)(c1ccccc1)[C@H]1CCCN1Cc1ccnc(-c2ccc3c(c2)CN(C2CCC(=O)NC2=O)C3=O)c1F. The van der Waals surface area contributed by atoms with Gasteiger partial charge in [-0.2, -0.15) is 0 Å². The second kappa shape index (κ2) is 10.2. The Kier molecular flexibility index (Phi) is 6.72. The molecule has 3 aliphatic rings. The summed E-state index contributed by atoms with van der Waals surface area (Å²) in [6, 6.07) is 15.5. The molecule has 3 atom stereocenters. The zero-order chi connectivity index (χ0) is 28.0. The van der Waals surface area contributed by atoms with Crippen LogP contribution in [0.3, 0.4) is 0 Å². The second-order valence-corrected chi connectivity index (χ2v) is 11.0. The highest BCUT2D eigenvalue weighted by Gasteiger charge is 2.41. The van der Waals surface area contributed by atoms with Gasteiger partial charge in [0.1, 0.15) is 17.3 Å². The Morgan fingerprint density at radius 1 is 1.10 bits per heavy atom. The smallest absolute Gasteiger partial charge is 0.255 e. The first kappa shape index (κ1) is 26.3. The van der Waals surface area contributed by atoms with E-state index in [1.54, 1.807) is 30.5 Å². The zero-order valence-corrected chi connectivity index (χ0v) is 22.3. The molecule has 2 aromatic carbocycles. The predicted molar refractivity (Wildman–Crippen MR) is 145 cm³/mol. The molecule has 206 valence electrons. The van der Waals surface area contributed by atoms with E-state index in [1.807, 2.05) is 37.3 Å². The van der Waals surface area contributed by atoms with E-state index in [2.05, 4.69) is 15.2 Å². The maximum atomic E-state index is 15.9. The number of halogens is 1. The summed E-state index contributed by atoms with van der Waals surface area (Å²) in [7, 11) is 0.